The molecule has 0 radical (unpaired) electrons. The summed E-state index contributed by atoms with van der Waals surface area (Å²) in [4.78, 5) is 50.9. The van der Waals surface area contributed by atoms with Crippen LogP contribution in [0.5, 0.6) is 0 Å². The van der Waals surface area contributed by atoms with E-state index in [1.54, 1.807) is 0 Å². The minimum Gasteiger partial charge on any atom is -0.479 e. The van der Waals surface area contributed by atoms with Crippen molar-refractivity contribution in [3.8, 4) is 0 Å². The molecule has 6 atom stereocenters. The number of carboxylic acids is 1. The first-order chi connectivity index (χ1) is 33.6. The molecule has 0 aromatic rings. The average Bonchev–Trinajstić information content (AvgIpc) is 3.33. The molecule has 0 aliphatic carbocycles. The van der Waals surface area contributed by atoms with Crippen LogP contribution in [0.2, 0.25) is 0 Å². The van der Waals surface area contributed by atoms with E-state index in [0.29, 0.717) is 19.3 Å². The number of aliphatic hydroxyl groups excluding tert-OH is 2. The molecule has 1 rings (SSSR count). The third-order valence-electron chi connectivity index (χ3n) is 12.7. The molecule has 1 fully saturated rings. The smallest absolute Gasteiger partial charge is 0.335 e. The summed E-state index contributed by atoms with van der Waals surface area (Å²) in [7, 11) is 0. The van der Waals surface area contributed by atoms with Crippen molar-refractivity contribution in [2.75, 3.05) is 13.2 Å². The van der Waals surface area contributed by atoms with Gasteiger partial charge in [0.15, 0.2) is 24.6 Å². The Morgan fingerprint density at radius 1 is 0.478 bits per heavy atom. The summed E-state index contributed by atoms with van der Waals surface area (Å²) >= 11 is 0. The van der Waals surface area contributed by atoms with Gasteiger partial charge in [0.1, 0.15) is 18.8 Å². The molecule has 3 N–H and O–H groups in total. The van der Waals surface area contributed by atoms with E-state index >= 15 is 0 Å². The second-order valence-corrected chi connectivity index (χ2v) is 19.2. The largest absolute Gasteiger partial charge is 0.479 e. The molecule has 1 saturated heterocycles. The highest BCUT2D eigenvalue weighted by atomic mass is 16.7. The highest BCUT2D eigenvalue weighted by Crippen LogP contribution is 2.26. The summed E-state index contributed by atoms with van der Waals surface area (Å²) in [6.07, 6.45) is 39.9. The Morgan fingerprint density at radius 2 is 0.884 bits per heavy atom. The molecule has 1 aliphatic heterocycles. The monoisotopic (exact) mass is 977 g/mol. The zero-order valence-electron chi connectivity index (χ0n) is 43.8. The third-order valence-corrected chi connectivity index (χ3v) is 12.7. The molecule has 0 amide bonds. The molecule has 0 aromatic carbocycles. The van der Waals surface area contributed by atoms with E-state index in [0.717, 1.165) is 96.3 Å². The Hall–Kier alpha value is -3.06. The topological polar surface area (TPSA) is 175 Å². The van der Waals surface area contributed by atoms with Gasteiger partial charge in [-0.3, -0.25) is 14.4 Å². The standard InChI is InChI=1S/C57H100O12/c1-4-7-10-13-16-19-22-23-24-25-26-27-30-31-34-37-40-43-49(58)65-46-48(67-50(59)44-41-38-35-32-28-20-17-14-11-8-5-2)47-66-57-55(53(62)52(61)54(69-57)56(63)64)68-51(60)45-42-39-36-33-29-21-18-15-12-9-6-3/h15-16,18-19,23-24,48,52-55,57,61-62H,4-14,17,20-22,25-47H2,1-3H3,(H,63,64)/b18-15-,19-16-,24-23-. The van der Waals surface area contributed by atoms with Gasteiger partial charge < -0.3 is 39.0 Å². The highest BCUT2D eigenvalue weighted by molar-refractivity contribution is 5.74. The van der Waals surface area contributed by atoms with E-state index in [1.807, 2.05) is 0 Å². The minimum absolute atomic E-state index is 0.0517. The number of carbonyl (C=O) groups excluding carboxylic acids is 3. The first kappa shape index (κ1) is 64.0. The lowest BCUT2D eigenvalue weighted by Gasteiger charge is -2.40. The number of esters is 3. The first-order valence-electron chi connectivity index (χ1n) is 28.0. The molecule has 0 aromatic heterocycles. The first-order valence-corrected chi connectivity index (χ1v) is 28.0. The van der Waals surface area contributed by atoms with Crippen molar-refractivity contribution >= 4 is 23.9 Å². The van der Waals surface area contributed by atoms with Gasteiger partial charge in [0, 0.05) is 19.3 Å². The number of ether oxygens (including phenoxy) is 5. The maximum atomic E-state index is 13.1. The number of carbonyl (C=O) groups is 4. The Balaban J connectivity index is 2.69. The van der Waals surface area contributed by atoms with Crippen LogP contribution in [0, 0.1) is 0 Å². The van der Waals surface area contributed by atoms with Crippen LogP contribution in [0.4, 0.5) is 0 Å². The quantitative estimate of drug-likeness (QED) is 0.0228. The maximum absolute atomic E-state index is 13.1. The van der Waals surface area contributed by atoms with E-state index in [-0.39, 0.29) is 25.9 Å². The Morgan fingerprint density at radius 3 is 1.39 bits per heavy atom. The van der Waals surface area contributed by atoms with Crippen LogP contribution < -0.4 is 0 Å². The van der Waals surface area contributed by atoms with Gasteiger partial charge >= 0.3 is 23.9 Å². The average molecular weight is 977 g/mol. The minimum atomic E-state index is -1.90. The molecular weight excluding hydrogens is 877 g/mol. The van der Waals surface area contributed by atoms with E-state index in [9.17, 15) is 34.5 Å². The second-order valence-electron chi connectivity index (χ2n) is 19.2. The molecule has 0 saturated carbocycles. The number of hydrogen-bond donors (Lipinski definition) is 3. The zero-order valence-corrected chi connectivity index (χ0v) is 43.8. The van der Waals surface area contributed by atoms with E-state index in [4.69, 9.17) is 23.7 Å². The zero-order chi connectivity index (χ0) is 50.4. The van der Waals surface area contributed by atoms with E-state index in [1.165, 1.54) is 96.3 Å². The fourth-order valence-corrected chi connectivity index (χ4v) is 8.32. The van der Waals surface area contributed by atoms with Crippen molar-refractivity contribution < 1.29 is 58.2 Å². The molecule has 6 unspecified atom stereocenters. The molecule has 0 spiro atoms. The van der Waals surface area contributed by atoms with Gasteiger partial charge in [0.2, 0.25) is 0 Å². The molecular formula is C57H100O12. The van der Waals surface area contributed by atoms with Crippen molar-refractivity contribution in [2.45, 2.75) is 289 Å². The predicted octanol–water partition coefficient (Wildman–Crippen LogP) is 13.7. The SMILES string of the molecule is CCCC/C=C\CCCCCCCC(=O)OC1C(OCC(COC(=O)CCCCCCCCC/C=C\C/C=C\CCCCC)OC(=O)CCCCCCCCCCCCC)OC(C(=O)O)C(O)C1O. The number of carboxylic acid groups (broad SMARTS) is 1. The molecule has 1 heterocycles. The van der Waals surface area contributed by atoms with Gasteiger partial charge in [0.05, 0.1) is 6.61 Å². The van der Waals surface area contributed by atoms with Crippen LogP contribution in [0.25, 0.3) is 0 Å². The summed E-state index contributed by atoms with van der Waals surface area (Å²) in [5.74, 6) is -3.12. The van der Waals surface area contributed by atoms with Crippen LogP contribution in [0.1, 0.15) is 252 Å². The highest BCUT2D eigenvalue weighted by Gasteiger charge is 2.50. The van der Waals surface area contributed by atoms with Crippen molar-refractivity contribution in [1.29, 1.82) is 0 Å². The Bertz CT molecular complexity index is 1350. The fourth-order valence-electron chi connectivity index (χ4n) is 8.32. The second kappa shape index (κ2) is 46.0. The van der Waals surface area contributed by atoms with Gasteiger partial charge in [-0.2, -0.15) is 0 Å². The molecule has 12 nitrogen and oxygen atoms in total. The van der Waals surface area contributed by atoms with Gasteiger partial charge in [0.25, 0.3) is 0 Å². The van der Waals surface area contributed by atoms with Gasteiger partial charge in [-0.25, -0.2) is 4.79 Å². The number of rotatable bonds is 47. The van der Waals surface area contributed by atoms with E-state index < -0.39 is 67.3 Å². The van der Waals surface area contributed by atoms with Crippen molar-refractivity contribution in [3.05, 3.63) is 36.5 Å². The predicted molar refractivity (Wildman–Crippen MR) is 276 cm³/mol. The third kappa shape index (κ3) is 36.5. The molecule has 12 heteroatoms. The maximum Gasteiger partial charge on any atom is 0.335 e. The van der Waals surface area contributed by atoms with Crippen LogP contribution in [0.15, 0.2) is 36.5 Å². The lowest BCUT2D eigenvalue weighted by Crippen LogP contribution is -2.61. The van der Waals surface area contributed by atoms with E-state index in [2.05, 4.69) is 57.2 Å². The van der Waals surface area contributed by atoms with Gasteiger partial charge in [-0.15, -0.1) is 0 Å². The normalized spacial score (nSPS) is 18.9. The van der Waals surface area contributed by atoms with Crippen LogP contribution in [-0.2, 0) is 42.9 Å². The number of allylic oxidation sites excluding steroid dienone is 6. The number of unbranched alkanes of at least 4 members (excludes halogenated alkanes) is 27. The van der Waals surface area contributed by atoms with Crippen molar-refractivity contribution in [2.24, 2.45) is 0 Å². The van der Waals surface area contributed by atoms with Gasteiger partial charge in [-0.1, -0.05) is 198 Å². The Labute approximate surface area is 419 Å². The summed E-state index contributed by atoms with van der Waals surface area (Å²) in [6.45, 7) is 5.90. The summed E-state index contributed by atoms with van der Waals surface area (Å²) < 4.78 is 28.3. The summed E-state index contributed by atoms with van der Waals surface area (Å²) in [5.41, 5.74) is 0. The van der Waals surface area contributed by atoms with Crippen LogP contribution >= 0.6 is 0 Å². The van der Waals surface area contributed by atoms with Crippen LogP contribution in [0.3, 0.4) is 0 Å². The molecule has 400 valence electrons. The molecule has 69 heavy (non-hydrogen) atoms. The number of hydrogen-bond acceptors (Lipinski definition) is 11. The Kier molecular flexibility index (Phi) is 42.7. The molecule has 0 bridgehead atoms. The number of aliphatic hydroxyl groups is 2. The summed E-state index contributed by atoms with van der Waals surface area (Å²) in [5, 5.41) is 31.3. The fraction of sp³-hybridized carbons (Fsp3) is 0.825. The molecule has 1 aliphatic rings. The van der Waals surface area contributed by atoms with Crippen molar-refractivity contribution in [3.63, 3.8) is 0 Å². The lowest BCUT2D eigenvalue weighted by atomic mass is 9.98. The number of aliphatic carboxylic acids is 1. The van der Waals surface area contributed by atoms with Crippen molar-refractivity contribution in [1.82, 2.24) is 0 Å². The summed E-state index contributed by atoms with van der Waals surface area (Å²) in [6, 6.07) is 0. The van der Waals surface area contributed by atoms with Crippen LogP contribution in [-0.4, -0.2) is 89.2 Å². The van der Waals surface area contributed by atoms with Gasteiger partial charge in [-0.05, 0) is 70.6 Å². The lowest BCUT2D eigenvalue weighted by molar-refractivity contribution is -0.301.